The molecule has 0 aromatic rings. The summed E-state index contributed by atoms with van der Waals surface area (Å²) in [6.07, 6.45) is 2.07. The summed E-state index contributed by atoms with van der Waals surface area (Å²) in [7, 11) is 0. The van der Waals surface area contributed by atoms with Gasteiger partial charge in [-0.15, -0.1) is 0 Å². The lowest BCUT2D eigenvalue weighted by molar-refractivity contribution is -0.170. The average molecular weight is 286 g/mol. The molecular formula is C14H23FN2O3. The molecule has 3 fully saturated rings. The molecule has 20 heavy (non-hydrogen) atoms. The van der Waals surface area contributed by atoms with Gasteiger partial charge in [-0.3, -0.25) is 0 Å². The van der Waals surface area contributed by atoms with E-state index in [-0.39, 0.29) is 36.7 Å². The van der Waals surface area contributed by atoms with Crippen molar-refractivity contribution in [3.05, 3.63) is 0 Å². The molecule has 1 aliphatic carbocycles. The van der Waals surface area contributed by atoms with Crippen molar-refractivity contribution in [2.75, 3.05) is 32.9 Å². The molecule has 2 atom stereocenters. The first kappa shape index (κ1) is 14.1. The summed E-state index contributed by atoms with van der Waals surface area (Å²) in [6.45, 7) is 4.61. The Balaban J connectivity index is 1.59. The van der Waals surface area contributed by atoms with Crippen LogP contribution in [0.25, 0.3) is 0 Å². The van der Waals surface area contributed by atoms with E-state index in [1.807, 2.05) is 6.92 Å². The first-order valence-corrected chi connectivity index (χ1v) is 7.54. The molecule has 0 aromatic carbocycles. The highest BCUT2D eigenvalue weighted by atomic mass is 19.1. The van der Waals surface area contributed by atoms with Gasteiger partial charge in [-0.05, 0) is 26.2 Å². The molecule has 2 unspecified atom stereocenters. The van der Waals surface area contributed by atoms with Crippen molar-refractivity contribution in [1.82, 2.24) is 10.2 Å². The number of amides is 2. The predicted octanol–water partition coefficient (Wildman–Crippen LogP) is 1.32. The Morgan fingerprint density at radius 1 is 1.45 bits per heavy atom. The molecule has 5 nitrogen and oxygen atoms in total. The number of urea groups is 1. The predicted molar refractivity (Wildman–Crippen MR) is 71.3 cm³/mol. The second-order valence-electron chi connectivity index (χ2n) is 6.03. The molecule has 1 N–H and O–H groups in total. The summed E-state index contributed by atoms with van der Waals surface area (Å²) in [5.74, 6) is 0. The highest BCUT2D eigenvalue weighted by Crippen LogP contribution is 2.50. The number of hydrogen-bond acceptors (Lipinski definition) is 3. The summed E-state index contributed by atoms with van der Waals surface area (Å²) in [4.78, 5) is 13.6. The van der Waals surface area contributed by atoms with Crippen LogP contribution in [0.15, 0.2) is 0 Å². The van der Waals surface area contributed by atoms with Crippen molar-refractivity contribution in [3.63, 3.8) is 0 Å². The van der Waals surface area contributed by atoms with Crippen LogP contribution in [0.3, 0.4) is 0 Å². The minimum absolute atomic E-state index is 0.0178. The standard InChI is InChI=1S/C14H23FN2O3/c1-2-20-12-7-11(14(12)3-5-19-6-4-14)16-13(18)17-8-10(15)9-17/h10-12H,2-9H2,1H3,(H,16,18). The van der Waals surface area contributed by atoms with Crippen LogP contribution < -0.4 is 5.32 Å². The van der Waals surface area contributed by atoms with E-state index in [1.165, 1.54) is 4.90 Å². The average Bonchev–Trinajstić information content (AvgIpc) is 2.43. The highest BCUT2D eigenvalue weighted by Gasteiger charge is 2.57. The Bertz CT molecular complexity index is 367. The molecule has 2 heterocycles. The van der Waals surface area contributed by atoms with Crippen molar-refractivity contribution >= 4 is 6.03 Å². The third-order valence-corrected chi connectivity index (χ3v) is 5.00. The smallest absolute Gasteiger partial charge is 0.317 e. The molecule has 0 bridgehead atoms. The van der Waals surface area contributed by atoms with Crippen LogP contribution in [0.4, 0.5) is 9.18 Å². The number of likely N-dealkylation sites (tertiary alicyclic amines) is 1. The van der Waals surface area contributed by atoms with Crippen molar-refractivity contribution in [2.24, 2.45) is 5.41 Å². The van der Waals surface area contributed by atoms with Gasteiger partial charge in [0.1, 0.15) is 6.17 Å². The van der Waals surface area contributed by atoms with E-state index >= 15 is 0 Å². The second-order valence-corrected chi connectivity index (χ2v) is 6.03. The molecule has 0 aromatic heterocycles. The lowest BCUT2D eigenvalue weighted by Crippen LogP contribution is -2.68. The molecule has 3 aliphatic rings. The molecule has 1 spiro atoms. The van der Waals surface area contributed by atoms with Crippen LogP contribution >= 0.6 is 0 Å². The molecule has 0 radical (unpaired) electrons. The molecule has 1 saturated carbocycles. The van der Waals surface area contributed by atoms with E-state index in [4.69, 9.17) is 9.47 Å². The SMILES string of the molecule is CCOC1CC(NC(=O)N2CC(F)C2)C12CCOCC2. The van der Waals surface area contributed by atoms with E-state index in [0.29, 0.717) is 6.61 Å². The van der Waals surface area contributed by atoms with Crippen molar-refractivity contribution in [1.29, 1.82) is 0 Å². The van der Waals surface area contributed by atoms with Crippen molar-refractivity contribution in [2.45, 2.75) is 44.5 Å². The van der Waals surface area contributed by atoms with Gasteiger partial charge in [0.25, 0.3) is 0 Å². The monoisotopic (exact) mass is 286 g/mol. The number of nitrogens with one attached hydrogen (secondary N) is 1. The Kier molecular flexibility index (Phi) is 3.86. The number of alkyl halides is 1. The molecule has 6 heteroatoms. The zero-order chi connectivity index (χ0) is 14.2. The Labute approximate surface area is 118 Å². The number of carbonyl (C=O) groups excluding carboxylic acids is 1. The fourth-order valence-corrected chi connectivity index (χ4v) is 3.64. The fourth-order valence-electron chi connectivity index (χ4n) is 3.64. The quantitative estimate of drug-likeness (QED) is 0.851. The zero-order valence-corrected chi connectivity index (χ0v) is 11.9. The fraction of sp³-hybridized carbons (Fsp3) is 0.929. The van der Waals surface area contributed by atoms with Gasteiger partial charge in [-0.2, -0.15) is 0 Å². The van der Waals surface area contributed by atoms with E-state index in [9.17, 15) is 9.18 Å². The molecule has 114 valence electrons. The van der Waals surface area contributed by atoms with Gasteiger partial charge >= 0.3 is 6.03 Å². The molecular weight excluding hydrogens is 263 g/mol. The van der Waals surface area contributed by atoms with E-state index in [0.717, 1.165) is 32.5 Å². The van der Waals surface area contributed by atoms with E-state index in [2.05, 4.69) is 5.32 Å². The van der Waals surface area contributed by atoms with Gasteiger partial charge in [-0.25, -0.2) is 9.18 Å². The topological polar surface area (TPSA) is 50.8 Å². The molecule has 3 rings (SSSR count). The maximum Gasteiger partial charge on any atom is 0.317 e. The summed E-state index contributed by atoms with van der Waals surface area (Å²) >= 11 is 0. The number of rotatable bonds is 3. The first-order valence-electron chi connectivity index (χ1n) is 7.54. The Morgan fingerprint density at radius 2 is 2.15 bits per heavy atom. The second kappa shape index (κ2) is 5.48. The molecule has 2 amide bonds. The summed E-state index contributed by atoms with van der Waals surface area (Å²) in [6, 6.07) is -0.00109. The highest BCUT2D eigenvalue weighted by molar-refractivity contribution is 5.75. The van der Waals surface area contributed by atoms with Crippen LogP contribution in [-0.4, -0.2) is 62.2 Å². The van der Waals surface area contributed by atoms with E-state index in [1.54, 1.807) is 0 Å². The van der Waals surface area contributed by atoms with Gasteiger partial charge in [0, 0.05) is 31.3 Å². The van der Waals surface area contributed by atoms with Gasteiger partial charge < -0.3 is 19.7 Å². The lowest BCUT2D eigenvalue weighted by atomic mass is 9.57. The first-order chi connectivity index (χ1) is 9.65. The number of carbonyl (C=O) groups is 1. The zero-order valence-electron chi connectivity index (χ0n) is 11.9. The normalized spacial score (nSPS) is 32.6. The van der Waals surface area contributed by atoms with Gasteiger partial charge in [-0.1, -0.05) is 0 Å². The Morgan fingerprint density at radius 3 is 2.75 bits per heavy atom. The van der Waals surface area contributed by atoms with Gasteiger partial charge in [0.2, 0.25) is 0 Å². The van der Waals surface area contributed by atoms with Crippen LogP contribution in [0.5, 0.6) is 0 Å². The summed E-state index contributed by atoms with van der Waals surface area (Å²) in [5, 5.41) is 3.07. The number of halogens is 1. The van der Waals surface area contributed by atoms with Crippen molar-refractivity contribution in [3.8, 4) is 0 Å². The minimum atomic E-state index is -0.852. The number of hydrogen-bond donors (Lipinski definition) is 1. The minimum Gasteiger partial charge on any atom is -0.381 e. The molecule has 2 saturated heterocycles. The van der Waals surface area contributed by atoms with E-state index < -0.39 is 6.17 Å². The Hall–Kier alpha value is -0.880. The maximum atomic E-state index is 12.8. The lowest BCUT2D eigenvalue weighted by Gasteiger charge is -2.57. The van der Waals surface area contributed by atoms with Gasteiger partial charge in [0.05, 0.1) is 19.2 Å². The third kappa shape index (κ3) is 2.29. The number of nitrogens with zero attached hydrogens (tertiary/aromatic N) is 1. The summed E-state index contributed by atoms with van der Waals surface area (Å²) in [5.41, 5.74) is 0.0178. The number of ether oxygens (including phenoxy) is 2. The van der Waals surface area contributed by atoms with Crippen molar-refractivity contribution < 1.29 is 18.7 Å². The largest absolute Gasteiger partial charge is 0.381 e. The third-order valence-electron chi connectivity index (χ3n) is 5.00. The maximum absolute atomic E-state index is 12.8. The van der Waals surface area contributed by atoms with Gasteiger partial charge in [0.15, 0.2) is 0 Å². The van der Waals surface area contributed by atoms with Crippen LogP contribution in [0.2, 0.25) is 0 Å². The summed E-state index contributed by atoms with van der Waals surface area (Å²) < 4.78 is 24.1. The molecule has 2 aliphatic heterocycles. The van der Waals surface area contributed by atoms with Crippen LogP contribution in [0.1, 0.15) is 26.2 Å². The van der Waals surface area contributed by atoms with Crippen LogP contribution in [0, 0.1) is 5.41 Å². The van der Waals surface area contributed by atoms with Crippen LogP contribution in [-0.2, 0) is 9.47 Å².